The number of aryl methyl sites for hydroxylation is 4. The van der Waals surface area contributed by atoms with Crippen molar-refractivity contribution in [2.24, 2.45) is 4.99 Å². The van der Waals surface area contributed by atoms with Gasteiger partial charge in [-0.2, -0.15) is 0 Å². The summed E-state index contributed by atoms with van der Waals surface area (Å²) in [6.45, 7) is 27.1. The van der Waals surface area contributed by atoms with Crippen molar-refractivity contribution in [3.63, 3.8) is 0 Å². The maximum atomic E-state index is 6.91. The molecule has 2 aliphatic rings. The van der Waals surface area contributed by atoms with Crippen LogP contribution in [0.5, 0.6) is 11.5 Å². The van der Waals surface area contributed by atoms with Crippen molar-refractivity contribution in [2.75, 3.05) is 4.90 Å². The number of ether oxygens (including phenoxy) is 1. The number of anilines is 1. The molecule has 0 saturated heterocycles. The number of hydrogen-bond acceptors (Lipinski definition) is 4. The number of aromatic nitrogens is 2. The highest BCUT2D eigenvalue weighted by Crippen LogP contribution is 2.57. The summed E-state index contributed by atoms with van der Waals surface area (Å²) in [6.07, 6.45) is 2.82. The molecule has 5 aromatic carbocycles. The molecule has 0 N–H and O–H groups in total. The van der Waals surface area contributed by atoms with E-state index >= 15 is 0 Å². The van der Waals surface area contributed by atoms with Crippen LogP contribution < -0.4 is 9.64 Å². The van der Waals surface area contributed by atoms with E-state index in [4.69, 9.17) is 14.7 Å². The first-order valence-corrected chi connectivity index (χ1v) is 20.8. The van der Waals surface area contributed by atoms with E-state index in [1.54, 1.807) is 0 Å². The van der Waals surface area contributed by atoms with Gasteiger partial charge in [0.2, 0.25) is 0 Å². The Kier molecular flexibility index (Phi) is 8.43. The fourth-order valence-electron chi connectivity index (χ4n) is 9.89. The van der Waals surface area contributed by atoms with Gasteiger partial charge < -0.3 is 9.64 Å². The summed E-state index contributed by atoms with van der Waals surface area (Å²) >= 11 is 0. The molecule has 3 heterocycles. The molecule has 5 heteroatoms. The van der Waals surface area contributed by atoms with Crippen molar-refractivity contribution in [1.29, 1.82) is 0 Å². The van der Waals surface area contributed by atoms with E-state index in [9.17, 15) is 0 Å². The number of rotatable bonds is 5. The number of fused-ring (bicyclic) bond motifs is 6. The first-order valence-electron chi connectivity index (χ1n) is 20.8. The molecule has 0 saturated carbocycles. The van der Waals surface area contributed by atoms with Crippen molar-refractivity contribution >= 4 is 33.3 Å². The van der Waals surface area contributed by atoms with E-state index in [1.165, 1.54) is 55.4 Å². The maximum Gasteiger partial charge on any atom is 0.137 e. The molecule has 9 rings (SSSR count). The number of amidine groups is 1. The first kappa shape index (κ1) is 37.9. The van der Waals surface area contributed by atoms with E-state index in [1.807, 2.05) is 6.20 Å². The number of pyridine rings is 1. The van der Waals surface area contributed by atoms with E-state index < -0.39 is 0 Å². The minimum Gasteiger partial charge on any atom is -0.457 e. The van der Waals surface area contributed by atoms with Crippen molar-refractivity contribution in [3.8, 4) is 17.3 Å². The minimum atomic E-state index is -0.377. The topological polar surface area (TPSA) is 42.6 Å². The molecule has 0 bridgehead atoms. The second kappa shape index (κ2) is 12.9. The monoisotopic (exact) mass is 764 g/mol. The van der Waals surface area contributed by atoms with E-state index in [0.29, 0.717) is 0 Å². The lowest BCUT2D eigenvalue weighted by molar-refractivity contribution is 0.321. The zero-order valence-electron chi connectivity index (χ0n) is 36.3. The lowest BCUT2D eigenvalue weighted by Gasteiger charge is -2.43. The molecule has 0 fully saturated rings. The highest BCUT2D eigenvalue weighted by molar-refractivity contribution is 6.14. The summed E-state index contributed by atoms with van der Waals surface area (Å²) in [5.74, 6) is 3.45. The van der Waals surface area contributed by atoms with Gasteiger partial charge in [0.1, 0.15) is 23.2 Å². The van der Waals surface area contributed by atoms with Gasteiger partial charge >= 0.3 is 0 Å². The Bertz CT molecular complexity index is 2820. The SMILES string of the molecule is Cc1cc(Oc2ccc3c4cc(C(C)(C)C)ccc4n(-c4cc(C(C)(C)C)ccn4)c3c2)cc(C2=N[C@]3(C)Cc4ccccc4[C@]3(C)N2c2c(C)cc(C)cc2C)c1. The number of aliphatic imine (C=N–C) groups is 1. The lowest BCUT2D eigenvalue weighted by Crippen LogP contribution is -2.52. The third kappa shape index (κ3) is 5.88. The van der Waals surface area contributed by atoms with Crippen LogP contribution in [-0.4, -0.2) is 20.9 Å². The summed E-state index contributed by atoms with van der Waals surface area (Å²) < 4.78 is 9.21. The molecule has 1 aliphatic heterocycles. The summed E-state index contributed by atoms with van der Waals surface area (Å²) in [4.78, 5) is 13.2. The smallest absolute Gasteiger partial charge is 0.137 e. The normalized spacial score (nSPS) is 19.2. The minimum absolute atomic E-state index is 0.0140. The molecule has 0 radical (unpaired) electrons. The summed E-state index contributed by atoms with van der Waals surface area (Å²) in [7, 11) is 0. The first-order chi connectivity index (χ1) is 27.4. The molecule has 2 aromatic heterocycles. The largest absolute Gasteiger partial charge is 0.457 e. The highest BCUT2D eigenvalue weighted by Gasteiger charge is 2.61. The highest BCUT2D eigenvalue weighted by atomic mass is 16.5. The van der Waals surface area contributed by atoms with Crippen LogP contribution in [0.2, 0.25) is 0 Å². The Morgan fingerprint density at radius 3 is 2.05 bits per heavy atom. The van der Waals surface area contributed by atoms with Gasteiger partial charge in [-0.1, -0.05) is 89.6 Å². The zero-order valence-corrected chi connectivity index (χ0v) is 36.3. The average molecular weight is 765 g/mol. The molecule has 0 unspecified atom stereocenters. The maximum absolute atomic E-state index is 6.91. The molecule has 5 nitrogen and oxygen atoms in total. The number of hydrogen-bond donors (Lipinski definition) is 0. The fraction of sp³-hybridized carbons (Fsp3) is 0.321. The van der Waals surface area contributed by atoms with Gasteiger partial charge in [-0.15, -0.1) is 0 Å². The van der Waals surface area contributed by atoms with Crippen LogP contribution in [0.4, 0.5) is 5.69 Å². The second-order valence-corrected chi connectivity index (χ2v) is 19.5. The third-order valence-corrected chi connectivity index (χ3v) is 13.0. The molecule has 58 heavy (non-hydrogen) atoms. The van der Waals surface area contributed by atoms with Crippen molar-refractivity contribution in [1.82, 2.24) is 9.55 Å². The lowest BCUT2D eigenvalue weighted by atomic mass is 9.79. The standard InChI is InChI=1S/C53H56N4O/c1-32-23-34(3)48(35(4)24-32)57-49(55-52(11)31-36-15-13-14-16-44(36)53(52,57)12)37-25-33(2)26-41(27-37)58-40-18-19-42-43-28-38(50(5,6)7)17-20-45(43)56(46(42)30-40)47-29-39(21-22-54-47)51(8,9)10/h13-30H,31H2,1-12H3/t52-,53+/m1/s1. The van der Waals surface area contributed by atoms with Crippen LogP contribution in [0.15, 0.2) is 114 Å². The van der Waals surface area contributed by atoms with Gasteiger partial charge in [-0.3, -0.25) is 9.56 Å². The Hall–Kier alpha value is -5.68. The van der Waals surface area contributed by atoms with Crippen LogP contribution in [0, 0.1) is 27.7 Å². The van der Waals surface area contributed by atoms with Crippen LogP contribution in [0.3, 0.4) is 0 Å². The second-order valence-electron chi connectivity index (χ2n) is 19.5. The van der Waals surface area contributed by atoms with Gasteiger partial charge in [0.05, 0.1) is 22.1 Å². The molecule has 1 aliphatic carbocycles. The van der Waals surface area contributed by atoms with Gasteiger partial charge in [-0.05, 0) is 146 Å². The molecule has 2 atom stereocenters. The van der Waals surface area contributed by atoms with Gasteiger partial charge in [0, 0.05) is 40.7 Å². The summed E-state index contributed by atoms with van der Waals surface area (Å²) in [5, 5.41) is 2.39. The van der Waals surface area contributed by atoms with Crippen LogP contribution >= 0.6 is 0 Å². The van der Waals surface area contributed by atoms with Crippen LogP contribution in [0.1, 0.15) is 105 Å². The molecule has 0 spiro atoms. The molecule has 7 aromatic rings. The van der Waals surface area contributed by atoms with Crippen molar-refractivity contribution in [2.45, 2.75) is 111 Å². The quantitative estimate of drug-likeness (QED) is 0.175. The predicted octanol–water partition coefficient (Wildman–Crippen LogP) is 13.3. The zero-order chi connectivity index (χ0) is 41.1. The predicted molar refractivity (Wildman–Crippen MR) is 243 cm³/mol. The summed E-state index contributed by atoms with van der Waals surface area (Å²) in [6, 6.07) is 37.9. The Labute approximate surface area is 344 Å². The van der Waals surface area contributed by atoms with Gasteiger partial charge in [-0.25, -0.2) is 4.98 Å². The van der Waals surface area contributed by atoms with Crippen LogP contribution in [0.25, 0.3) is 27.6 Å². The van der Waals surface area contributed by atoms with Gasteiger partial charge in [0.25, 0.3) is 0 Å². The average Bonchev–Trinajstić information content (AvgIpc) is 3.67. The van der Waals surface area contributed by atoms with E-state index in [-0.39, 0.29) is 21.9 Å². The van der Waals surface area contributed by atoms with Crippen LogP contribution in [-0.2, 0) is 22.8 Å². The molecular weight excluding hydrogens is 709 g/mol. The molecule has 294 valence electrons. The molecule has 0 amide bonds. The van der Waals surface area contributed by atoms with Crippen molar-refractivity contribution < 1.29 is 4.74 Å². The Morgan fingerprint density at radius 1 is 0.638 bits per heavy atom. The fourth-order valence-corrected chi connectivity index (χ4v) is 9.89. The number of nitrogens with zero attached hydrogens (tertiary/aromatic N) is 4. The van der Waals surface area contributed by atoms with E-state index in [0.717, 1.165) is 51.7 Å². The Balaban J connectivity index is 1.18. The van der Waals surface area contributed by atoms with Gasteiger partial charge in [0.15, 0.2) is 0 Å². The van der Waals surface area contributed by atoms with Crippen molar-refractivity contribution in [3.05, 3.63) is 159 Å². The summed E-state index contributed by atoms with van der Waals surface area (Å²) in [5.41, 5.74) is 13.9. The number of benzene rings is 5. The third-order valence-electron chi connectivity index (χ3n) is 13.0. The van der Waals surface area contributed by atoms with E-state index in [2.05, 4.69) is 196 Å². The Morgan fingerprint density at radius 2 is 1.33 bits per heavy atom. The molecular formula is C53H56N4O.